The molecule has 1 saturated heterocycles. The van der Waals surface area contributed by atoms with E-state index in [0.29, 0.717) is 30.8 Å². The lowest BCUT2D eigenvalue weighted by Crippen LogP contribution is -2.18. The molecule has 0 amide bonds. The summed E-state index contributed by atoms with van der Waals surface area (Å²) in [5, 5.41) is 0. The van der Waals surface area contributed by atoms with Crippen molar-refractivity contribution in [3.8, 4) is 0 Å². The highest BCUT2D eigenvalue weighted by molar-refractivity contribution is 6.07. The molecule has 2 rings (SSSR count). The molecule has 1 heterocycles. The highest BCUT2D eigenvalue weighted by Crippen LogP contribution is 2.21. The Morgan fingerprint density at radius 2 is 2.00 bits per heavy atom. The molecule has 0 aromatic heterocycles. The third kappa shape index (κ3) is 2.36. The lowest BCUT2D eigenvalue weighted by Gasteiger charge is -2.10. The predicted octanol–water partition coefficient (Wildman–Crippen LogP) is 1.69. The summed E-state index contributed by atoms with van der Waals surface area (Å²) in [5.41, 5.74) is 0.752. The van der Waals surface area contributed by atoms with Crippen LogP contribution in [0.5, 0.6) is 0 Å². The van der Waals surface area contributed by atoms with E-state index < -0.39 is 5.97 Å². The quantitative estimate of drug-likeness (QED) is 0.590. The Morgan fingerprint density at radius 3 is 2.59 bits per heavy atom. The van der Waals surface area contributed by atoms with Crippen LogP contribution in [-0.2, 0) is 9.47 Å². The van der Waals surface area contributed by atoms with Crippen LogP contribution >= 0.6 is 0 Å². The molecule has 17 heavy (non-hydrogen) atoms. The summed E-state index contributed by atoms with van der Waals surface area (Å²) in [6.07, 6.45) is 0.717. The second-order valence-corrected chi connectivity index (χ2v) is 3.96. The first-order valence-electron chi connectivity index (χ1n) is 5.53. The first kappa shape index (κ1) is 11.8. The van der Waals surface area contributed by atoms with E-state index in [-0.39, 0.29) is 11.7 Å². The normalized spacial score (nSPS) is 19.0. The number of carbonyl (C=O) groups excluding carboxylic acids is 2. The molecule has 1 atom stereocenters. The Kier molecular flexibility index (Phi) is 3.54. The van der Waals surface area contributed by atoms with Gasteiger partial charge in [0.15, 0.2) is 5.78 Å². The third-order valence-electron chi connectivity index (χ3n) is 2.90. The van der Waals surface area contributed by atoms with Gasteiger partial charge in [0, 0.05) is 18.1 Å². The van der Waals surface area contributed by atoms with Gasteiger partial charge >= 0.3 is 5.97 Å². The van der Waals surface area contributed by atoms with Gasteiger partial charge in [0.05, 0.1) is 19.3 Å². The summed E-state index contributed by atoms with van der Waals surface area (Å²) in [4.78, 5) is 23.7. The lowest BCUT2D eigenvalue weighted by atomic mass is 9.93. The Bertz CT molecular complexity index is 433. The van der Waals surface area contributed by atoms with E-state index in [0.717, 1.165) is 0 Å². The van der Waals surface area contributed by atoms with Gasteiger partial charge in [-0.2, -0.15) is 0 Å². The fourth-order valence-corrected chi connectivity index (χ4v) is 1.95. The van der Waals surface area contributed by atoms with Crippen LogP contribution in [-0.4, -0.2) is 32.1 Å². The SMILES string of the molecule is COC(=O)c1ccccc1C(=O)C1CCOC1. The van der Waals surface area contributed by atoms with Crippen molar-refractivity contribution < 1.29 is 19.1 Å². The van der Waals surface area contributed by atoms with Crippen LogP contribution in [0.4, 0.5) is 0 Å². The predicted molar refractivity (Wildman–Crippen MR) is 61.0 cm³/mol. The van der Waals surface area contributed by atoms with Crippen LogP contribution in [0.1, 0.15) is 27.1 Å². The van der Waals surface area contributed by atoms with Crippen molar-refractivity contribution in [1.82, 2.24) is 0 Å². The van der Waals surface area contributed by atoms with Crippen molar-refractivity contribution in [1.29, 1.82) is 0 Å². The highest BCUT2D eigenvalue weighted by atomic mass is 16.5. The molecule has 0 saturated carbocycles. The van der Waals surface area contributed by atoms with Crippen LogP contribution in [0.3, 0.4) is 0 Å². The van der Waals surface area contributed by atoms with Crippen LogP contribution < -0.4 is 0 Å². The number of hydrogen-bond donors (Lipinski definition) is 0. The van der Waals surface area contributed by atoms with Gasteiger partial charge in [-0.15, -0.1) is 0 Å². The van der Waals surface area contributed by atoms with Crippen molar-refractivity contribution in [2.24, 2.45) is 5.92 Å². The molecule has 0 aliphatic carbocycles. The molecule has 1 aliphatic heterocycles. The molecular formula is C13H14O4. The van der Waals surface area contributed by atoms with E-state index in [1.165, 1.54) is 7.11 Å². The summed E-state index contributed by atoms with van der Waals surface area (Å²) < 4.78 is 9.86. The zero-order valence-corrected chi connectivity index (χ0v) is 9.64. The molecule has 1 aromatic carbocycles. The van der Waals surface area contributed by atoms with Gasteiger partial charge in [-0.05, 0) is 12.5 Å². The minimum Gasteiger partial charge on any atom is -0.465 e. The molecule has 4 nitrogen and oxygen atoms in total. The molecule has 4 heteroatoms. The van der Waals surface area contributed by atoms with Crippen molar-refractivity contribution in [3.05, 3.63) is 35.4 Å². The summed E-state index contributed by atoms with van der Waals surface area (Å²) >= 11 is 0. The standard InChI is InChI=1S/C13H14O4/c1-16-13(15)11-5-3-2-4-10(11)12(14)9-6-7-17-8-9/h2-5,9H,6-8H2,1H3. The van der Waals surface area contributed by atoms with Crippen LogP contribution in [0.25, 0.3) is 0 Å². The number of carbonyl (C=O) groups is 2. The van der Waals surface area contributed by atoms with E-state index in [4.69, 9.17) is 4.74 Å². The van der Waals surface area contributed by atoms with Crippen LogP contribution in [0.2, 0.25) is 0 Å². The minimum absolute atomic E-state index is 0.0384. The molecule has 1 aliphatic rings. The zero-order chi connectivity index (χ0) is 12.3. The Labute approximate surface area is 99.5 Å². The second kappa shape index (κ2) is 5.10. The number of ketones is 1. The number of benzene rings is 1. The Morgan fingerprint density at radius 1 is 1.29 bits per heavy atom. The first-order valence-corrected chi connectivity index (χ1v) is 5.53. The van der Waals surface area contributed by atoms with Crippen LogP contribution in [0, 0.1) is 5.92 Å². The van der Waals surface area contributed by atoms with Gasteiger partial charge < -0.3 is 9.47 Å². The maximum absolute atomic E-state index is 12.2. The van der Waals surface area contributed by atoms with Gasteiger partial charge in [0.2, 0.25) is 0 Å². The molecule has 1 fully saturated rings. The summed E-state index contributed by atoms with van der Waals surface area (Å²) in [5.74, 6) is -0.655. The lowest BCUT2D eigenvalue weighted by molar-refractivity contribution is 0.0595. The second-order valence-electron chi connectivity index (χ2n) is 3.96. The maximum Gasteiger partial charge on any atom is 0.338 e. The number of Topliss-reactive ketones (excluding diaryl/α,β-unsaturated/α-hetero) is 1. The molecule has 0 bridgehead atoms. The minimum atomic E-state index is -0.479. The van der Waals surface area contributed by atoms with E-state index in [2.05, 4.69) is 4.74 Å². The Hall–Kier alpha value is -1.68. The van der Waals surface area contributed by atoms with Crippen molar-refractivity contribution >= 4 is 11.8 Å². The van der Waals surface area contributed by atoms with E-state index in [1.807, 2.05) is 0 Å². The summed E-state index contributed by atoms with van der Waals surface area (Å²) in [7, 11) is 1.31. The third-order valence-corrected chi connectivity index (χ3v) is 2.90. The molecule has 0 radical (unpaired) electrons. The topological polar surface area (TPSA) is 52.6 Å². The number of hydrogen-bond acceptors (Lipinski definition) is 4. The molecule has 0 N–H and O–H groups in total. The van der Waals surface area contributed by atoms with Crippen molar-refractivity contribution in [3.63, 3.8) is 0 Å². The maximum atomic E-state index is 12.2. The number of esters is 1. The zero-order valence-electron chi connectivity index (χ0n) is 9.64. The fraction of sp³-hybridized carbons (Fsp3) is 0.385. The molecule has 1 aromatic rings. The highest BCUT2D eigenvalue weighted by Gasteiger charge is 2.27. The molecule has 1 unspecified atom stereocenters. The number of rotatable bonds is 3. The molecule has 90 valence electrons. The average Bonchev–Trinajstić information content (AvgIpc) is 2.91. The number of methoxy groups -OCH3 is 1. The smallest absolute Gasteiger partial charge is 0.338 e. The van der Waals surface area contributed by atoms with Crippen molar-refractivity contribution in [2.45, 2.75) is 6.42 Å². The van der Waals surface area contributed by atoms with Gasteiger partial charge in [-0.25, -0.2) is 4.79 Å². The van der Waals surface area contributed by atoms with E-state index >= 15 is 0 Å². The van der Waals surface area contributed by atoms with Gasteiger partial charge in [0.1, 0.15) is 0 Å². The summed E-state index contributed by atoms with van der Waals surface area (Å²) in [6.45, 7) is 1.05. The van der Waals surface area contributed by atoms with E-state index in [9.17, 15) is 9.59 Å². The largest absolute Gasteiger partial charge is 0.465 e. The first-order chi connectivity index (χ1) is 8.24. The molecular weight excluding hydrogens is 220 g/mol. The summed E-state index contributed by atoms with van der Waals surface area (Å²) in [6, 6.07) is 6.73. The molecule has 0 spiro atoms. The fourth-order valence-electron chi connectivity index (χ4n) is 1.95. The number of ether oxygens (including phenoxy) is 2. The van der Waals surface area contributed by atoms with Crippen LogP contribution in [0.15, 0.2) is 24.3 Å². The average molecular weight is 234 g/mol. The Balaban J connectivity index is 2.30. The van der Waals surface area contributed by atoms with Crippen molar-refractivity contribution in [2.75, 3.05) is 20.3 Å². The van der Waals surface area contributed by atoms with Gasteiger partial charge in [0.25, 0.3) is 0 Å². The monoisotopic (exact) mass is 234 g/mol. The van der Waals surface area contributed by atoms with Gasteiger partial charge in [-0.3, -0.25) is 4.79 Å². The van der Waals surface area contributed by atoms with Gasteiger partial charge in [-0.1, -0.05) is 18.2 Å². The van der Waals surface area contributed by atoms with E-state index in [1.54, 1.807) is 24.3 Å².